The highest BCUT2D eigenvalue weighted by Crippen LogP contribution is 2.35. The number of anilines is 1. The number of aromatic nitrogens is 1. The van der Waals surface area contributed by atoms with E-state index in [9.17, 15) is 39.2 Å². The number of carbonyl (C=O) groups is 3. The van der Waals surface area contributed by atoms with Crippen molar-refractivity contribution in [3.05, 3.63) is 59.7 Å². The van der Waals surface area contributed by atoms with Crippen LogP contribution in [0.1, 0.15) is 22.2 Å². The maximum Gasteiger partial charge on any atom is 0.325 e. The number of benzene rings is 2. The van der Waals surface area contributed by atoms with Crippen molar-refractivity contribution in [2.75, 3.05) is 51.0 Å². The number of furan rings is 1. The number of hydrogen-bond acceptors (Lipinski definition) is 12. The molecule has 0 bridgehead atoms. The number of nitrogens with zero attached hydrogens (tertiary/aromatic N) is 2. The molecule has 0 aliphatic rings. The molecule has 1 atom stereocenters. The Morgan fingerprint density at radius 1 is 1.05 bits per heavy atom. The van der Waals surface area contributed by atoms with Crippen molar-refractivity contribution in [1.82, 2.24) is 10.3 Å². The number of rotatable bonds is 17. The van der Waals surface area contributed by atoms with Gasteiger partial charge in [-0.2, -0.15) is 0 Å². The van der Waals surface area contributed by atoms with Gasteiger partial charge in [0.25, 0.3) is 5.89 Å². The number of oxazole rings is 1. The van der Waals surface area contributed by atoms with Gasteiger partial charge in [0.15, 0.2) is 17.8 Å². The van der Waals surface area contributed by atoms with Gasteiger partial charge in [0.1, 0.15) is 48.7 Å². The smallest absolute Gasteiger partial charge is 0.325 e. The van der Waals surface area contributed by atoms with E-state index in [-0.39, 0.29) is 85.3 Å². The number of carbonyl (C=O) groups excluding carboxylic acids is 1. The van der Waals surface area contributed by atoms with Crippen LogP contribution >= 0.6 is 0 Å². The molecule has 2 heterocycles. The van der Waals surface area contributed by atoms with E-state index < -0.39 is 30.3 Å². The maximum absolute atomic E-state index is 14.0. The van der Waals surface area contributed by atoms with E-state index in [0.717, 1.165) is 12.1 Å². The van der Waals surface area contributed by atoms with Crippen LogP contribution in [0.25, 0.3) is 22.6 Å². The molecule has 14 nitrogen and oxygen atoms in total. The van der Waals surface area contributed by atoms with E-state index in [0.29, 0.717) is 11.7 Å². The molecule has 2 aromatic carbocycles. The molecule has 0 radical (unpaired) electrons. The third-order valence-electron chi connectivity index (χ3n) is 6.07. The molecule has 1 unspecified atom stereocenters. The molecule has 5 N–H and O–H groups in total. The summed E-state index contributed by atoms with van der Waals surface area (Å²) in [4.78, 5) is 39.7. The second-order valence-electron chi connectivity index (χ2n) is 9.02. The van der Waals surface area contributed by atoms with Crippen molar-refractivity contribution in [3.63, 3.8) is 0 Å². The van der Waals surface area contributed by atoms with Gasteiger partial charge in [0, 0.05) is 30.1 Å². The van der Waals surface area contributed by atoms with Crippen LogP contribution in [-0.4, -0.2) is 89.7 Å². The Balaban J connectivity index is 1.60. The Morgan fingerprint density at radius 2 is 1.81 bits per heavy atom. The molecule has 0 spiro atoms. The van der Waals surface area contributed by atoms with Gasteiger partial charge < -0.3 is 43.6 Å². The van der Waals surface area contributed by atoms with Crippen molar-refractivity contribution in [1.29, 1.82) is 0 Å². The number of ether oxygens (including phenoxy) is 2. The van der Waals surface area contributed by atoms with Gasteiger partial charge in [-0.25, -0.2) is 9.37 Å². The Bertz CT molecular complexity index is 1590. The fourth-order valence-corrected chi connectivity index (χ4v) is 4.27. The van der Waals surface area contributed by atoms with E-state index in [4.69, 9.17) is 18.3 Å². The number of aliphatic hydroxyl groups is 2. The predicted molar refractivity (Wildman–Crippen MR) is 147 cm³/mol. The van der Waals surface area contributed by atoms with Crippen molar-refractivity contribution in [2.45, 2.75) is 6.04 Å². The van der Waals surface area contributed by atoms with Gasteiger partial charge in [-0.15, -0.1) is 0 Å². The normalized spacial score (nSPS) is 11.8. The second-order valence-corrected chi connectivity index (χ2v) is 9.02. The molecule has 0 fully saturated rings. The van der Waals surface area contributed by atoms with Crippen LogP contribution in [0.2, 0.25) is 0 Å². The fraction of sp³-hybridized carbons (Fsp3) is 0.286. The highest BCUT2D eigenvalue weighted by atomic mass is 19.1. The lowest BCUT2D eigenvalue weighted by atomic mass is 10.0. The fourth-order valence-electron chi connectivity index (χ4n) is 4.27. The SMILES string of the molecule is O=Cc1cnc(-c2cc3cc(OCCOc4cc(F)ccc4N(CCO)CC(=O)O)c(C(NCCO)C(=O)O)cc3o2)o1. The molecule has 43 heavy (non-hydrogen) atoms. The average molecular weight is 602 g/mol. The van der Waals surface area contributed by atoms with Crippen LogP contribution in [0, 0.1) is 5.82 Å². The monoisotopic (exact) mass is 601 g/mol. The van der Waals surface area contributed by atoms with Gasteiger partial charge >= 0.3 is 11.9 Å². The molecule has 0 saturated carbocycles. The maximum atomic E-state index is 14.0. The lowest BCUT2D eigenvalue weighted by Crippen LogP contribution is -2.32. The first-order valence-corrected chi connectivity index (χ1v) is 12.9. The summed E-state index contributed by atoms with van der Waals surface area (Å²) < 4.78 is 36.7. The van der Waals surface area contributed by atoms with Crippen LogP contribution in [0.15, 0.2) is 51.4 Å². The van der Waals surface area contributed by atoms with E-state index in [1.165, 1.54) is 29.3 Å². The van der Waals surface area contributed by atoms with Crippen LogP contribution in [0.3, 0.4) is 0 Å². The van der Waals surface area contributed by atoms with Gasteiger partial charge in [0.05, 0.1) is 25.1 Å². The number of fused-ring (bicyclic) bond motifs is 1. The summed E-state index contributed by atoms with van der Waals surface area (Å²) in [6.45, 7) is -1.51. The van der Waals surface area contributed by atoms with Crippen LogP contribution < -0.4 is 19.7 Å². The molecule has 0 aliphatic carbocycles. The second kappa shape index (κ2) is 14.3. The Labute approximate surface area is 242 Å². The Morgan fingerprint density at radius 3 is 2.47 bits per heavy atom. The van der Waals surface area contributed by atoms with E-state index in [1.807, 2.05) is 0 Å². The molecular weight excluding hydrogens is 573 g/mol. The lowest BCUT2D eigenvalue weighted by molar-refractivity contribution is -0.140. The first-order valence-electron chi connectivity index (χ1n) is 12.9. The Hall–Kier alpha value is -4.99. The number of nitrogens with one attached hydrogen (secondary N) is 1. The first-order chi connectivity index (χ1) is 20.7. The molecule has 228 valence electrons. The topological polar surface area (TPSA) is 205 Å². The summed E-state index contributed by atoms with van der Waals surface area (Å²) in [7, 11) is 0. The van der Waals surface area contributed by atoms with Crippen molar-refractivity contribution >= 4 is 34.9 Å². The van der Waals surface area contributed by atoms with Gasteiger partial charge in [-0.1, -0.05) is 0 Å². The predicted octanol–water partition coefficient (Wildman–Crippen LogP) is 2.09. The minimum atomic E-state index is -1.30. The minimum Gasteiger partial charge on any atom is -0.490 e. The van der Waals surface area contributed by atoms with Crippen LogP contribution in [0.5, 0.6) is 11.5 Å². The highest BCUT2D eigenvalue weighted by molar-refractivity contribution is 5.87. The largest absolute Gasteiger partial charge is 0.490 e. The number of carboxylic acid groups (broad SMARTS) is 2. The zero-order valence-corrected chi connectivity index (χ0v) is 22.6. The standard InChI is InChI=1S/C28H28FN3O11/c29-17-1-2-20(32(4-6-34)14-25(36)37)23(11-17)41-8-7-40-22-9-16-10-24(27-31-13-18(15-35)42-27)43-21(16)12-19(22)26(28(38)39)30-3-5-33/h1-2,9-13,15,26,30,33-34H,3-8,14H2,(H,36,37)(H,38,39). The number of aliphatic hydroxyl groups excluding tert-OH is 2. The molecule has 0 saturated heterocycles. The lowest BCUT2D eigenvalue weighted by Gasteiger charge is -2.24. The van der Waals surface area contributed by atoms with E-state index in [1.54, 1.807) is 6.07 Å². The number of halogens is 1. The van der Waals surface area contributed by atoms with Crippen LogP contribution in [0.4, 0.5) is 10.1 Å². The highest BCUT2D eigenvalue weighted by Gasteiger charge is 2.25. The number of aldehydes is 1. The average Bonchev–Trinajstić information content (AvgIpc) is 3.62. The zero-order chi connectivity index (χ0) is 30.9. The molecular formula is C28H28FN3O11. The quantitative estimate of drug-likeness (QED) is 0.0868. The molecule has 2 aromatic heterocycles. The van der Waals surface area contributed by atoms with Gasteiger partial charge in [-0.05, 0) is 30.3 Å². The van der Waals surface area contributed by atoms with Crippen molar-refractivity contribution in [2.24, 2.45) is 0 Å². The van der Waals surface area contributed by atoms with Gasteiger partial charge in [-0.3, -0.25) is 19.7 Å². The van der Waals surface area contributed by atoms with Gasteiger partial charge in [0.2, 0.25) is 0 Å². The third kappa shape index (κ3) is 7.65. The number of carboxylic acids is 2. The zero-order valence-electron chi connectivity index (χ0n) is 22.6. The summed E-state index contributed by atoms with van der Waals surface area (Å²) in [5.41, 5.74) is 0.676. The van der Waals surface area contributed by atoms with Crippen molar-refractivity contribution in [3.8, 4) is 23.1 Å². The molecule has 0 amide bonds. The van der Waals surface area contributed by atoms with Crippen LogP contribution in [-0.2, 0) is 9.59 Å². The first kappa shape index (κ1) is 31.0. The van der Waals surface area contributed by atoms with E-state index in [2.05, 4.69) is 10.3 Å². The molecule has 4 rings (SSSR count). The summed E-state index contributed by atoms with van der Waals surface area (Å²) in [6, 6.07) is 6.79. The number of hydrogen-bond donors (Lipinski definition) is 5. The summed E-state index contributed by atoms with van der Waals surface area (Å²) in [5, 5.41) is 40.9. The third-order valence-corrected chi connectivity index (χ3v) is 6.07. The Kier molecular flexibility index (Phi) is 10.3. The molecule has 4 aromatic rings. The molecule has 0 aliphatic heterocycles. The van der Waals surface area contributed by atoms with E-state index >= 15 is 0 Å². The minimum absolute atomic E-state index is 0.0109. The molecule has 15 heteroatoms. The summed E-state index contributed by atoms with van der Waals surface area (Å²) in [6.07, 6.45) is 1.71. The number of aliphatic carboxylic acids is 2. The summed E-state index contributed by atoms with van der Waals surface area (Å²) in [5.74, 6) is -2.69. The summed E-state index contributed by atoms with van der Waals surface area (Å²) >= 11 is 0. The van der Waals surface area contributed by atoms with Crippen molar-refractivity contribution < 1.29 is 57.5 Å².